The van der Waals surface area contributed by atoms with E-state index in [1.54, 1.807) is 0 Å². The maximum atomic E-state index is 13.8. The summed E-state index contributed by atoms with van der Waals surface area (Å²) in [5.41, 5.74) is 1.25. The van der Waals surface area contributed by atoms with Crippen LogP contribution in [0.15, 0.2) is 11.6 Å². The highest BCUT2D eigenvalue weighted by atomic mass is 16.4. The molecule has 0 saturated heterocycles. The molecule has 4 aliphatic carbocycles. The summed E-state index contributed by atoms with van der Waals surface area (Å²) in [6.45, 7) is 9.04. The third kappa shape index (κ3) is 3.20. The maximum absolute atomic E-state index is 13.8. The summed E-state index contributed by atoms with van der Waals surface area (Å²) < 4.78 is 0. The number of hydrogen-bond donors (Lipinski definition) is 2. The second kappa shape index (κ2) is 7.76. The molecule has 4 saturated carbocycles. The van der Waals surface area contributed by atoms with Gasteiger partial charge in [0.1, 0.15) is 0 Å². The second-order valence-corrected chi connectivity index (χ2v) is 11.5. The number of fused-ring (bicyclic) bond motifs is 5. The van der Waals surface area contributed by atoms with Crippen LogP contribution in [0.3, 0.4) is 0 Å². The molecule has 9 atom stereocenters. The van der Waals surface area contributed by atoms with Gasteiger partial charge in [-0.3, -0.25) is 9.59 Å². The molecule has 4 aliphatic rings. The molecule has 0 aliphatic heterocycles. The van der Waals surface area contributed by atoms with Crippen LogP contribution in [0.4, 0.5) is 0 Å². The number of carboxylic acids is 1. The smallest absolute Gasteiger partial charge is 0.303 e. The fourth-order valence-corrected chi connectivity index (χ4v) is 8.72. The average molecular weight is 417 g/mol. The lowest BCUT2D eigenvalue weighted by molar-refractivity contribution is -0.150. The normalized spacial score (nSPS) is 48.0. The molecular formula is C26H40O4. The number of Topliss-reactive ketones (excluding diaryl/α,β-unsaturated/α-hetero) is 1. The molecule has 4 fully saturated rings. The molecule has 4 rings (SSSR count). The third-order valence-electron chi connectivity index (χ3n) is 10.3. The van der Waals surface area contributed by atoms with E-state index in [1.807, 2.05) is 13.0 Å². The third-order valence-corrected chi connectivity index (χ3v) is 10.3. The van der Waals surface area contributed by atoms with Crippen molar-refractivity contribution in [1.29, 1.82) is 0 Å². The molecule has 9 unspecified atom stereocenters. The molecule has 0 spiro atoms. The Hall–Kier alpha value is -1.16. The summed E-state index contributed by atoms with van der Waals surface area (Å²) >= 11 is 0. The predicted molar refractivity (Wildman–Crippen MR) is 117 cm³/mol. The zero-order valence-electron chi connectivity index (χ0n) is 19.2. The number of carboxylic acid groups (broad SMARTS) is 1. The van der Waals surface area contributed by atoms with E-state index in [2.05, 4.69) is 20.8 Å². The first-order valence-electron chi connectivity index (χ1n) is 12.2. The van der Waals surface area contributed by atoms with Crippen molar-refractivity contribution in [2.24, 2.45) is 46.3 Å². The minimum atomic E-state index is -0.705. The molecule has 0 heterocycles. The lowest BCUT2D eigenvalue weighted by atomic mass is 9.43. The number of rotatable bonds is 4. The van der Waals surface area contributed by atoms with Crippen molar-refractivity contribution in [2.45, 2.75) is 91.6 Å². The zero-order chi connectivity index (χ0) is 21.8. The summed E-state index contributed by atoms with van der Waals surface area (Å²) in [6, 6.07) is 0. The molecule has 0 bridgehead atoms. The van der Waals surface area contributed by atoms with Gasteiger partial charge in [-0.15, -0.1) is 0 Å². The van der Waals surface area contributed by atoms with Crippen LogP contribution in [0.1, 0.15) is 85.5 Å². The van der Waals surface area contributed by atoms with Crippen molar-refractivity contribution < 1.29 is 19.8 Å². The molecule has 0 aromatic rings. The van der Waals surface area contributed by atoms with E-state index >= 15 is 0 Å². The van der Waals surface area contributed by atoms with Gasteiger partial charge in [-0.2, -0.15) is 0 Å². The first-order chi connectivity index (χ1) is 14.1. The number of ketones is 1. The number of hydrogen-bond acceptors (Lipinski definition) is 3. The Balaban J connectivity index is 1.64. The fourth-order valence-electron chi connectivity index (χ4n) is 8.72. The minimum absolute atomic E-state index is 0.114. The Kier molecular flexibility index (Phi) is 5.70. The summed E-state index contributed by atoms with van der Waals surface area (Å²) in [4.78, 5) is 24.9. The van der Waals surface area contributed by atoms with Crippen LogP contribution in [-0.2, 0) is 9.59 Å². The Labute approximate surface area is 181 Å². The lowest BCUT2D eigenvalue weighted by Crippen LogP contribution is -2.58. The van der Waals surface area contributed by atoms with Gasteiger partial charge in [0, 0.05) is 12.3 Å². The lowest BCUT2D eigenvalue weighted by Gasteiger charge is -2.61. The van der Waals surface area contributed by atoms with Crippen LogP contribution in [0.25, 0.3) is 0 Å². The van der Waals surface area contributed by atoms with Crippen LogP contribution < -0.4 is 0 Å². The molecule has 0 amide bonds. The summed E-state index contributed by atoms with van der Waals surface area (Å²) in [5.74, 6) is 1.74. The van der Waals surface area contributed by atoms with Crippen LogP contribution in [0, 0.1) is 46.3 Å². The van der Waals surface area contributed by atoms with Crippen LogP contribution >= 0.6 is 0 Å². The van der Waals surface area contributed by atoms with Gasteiger partial charge in [0.15, 0.2) is 5.78 Å². The van der Waals surface area contributed by atoms with Gasteiger partial charge in [-0.05, 0) is 104 Å². The quantitative estimate of drug-likeness (QED) is 0.614. The first kappa shape index (κ1) is 22.0. The van der Waals surface area contributed by atoms with E-state index in [1.165, 1.54) is 0 Å². The number of aliphatic hydroxyl groups excluding tert-OH is 1. The highest BCUT2D eigenvalue weighted by molar-refractivity contribution is 5.99. The van der Waals surface area contributed by atoms with E-state index in [9.17, 15) is 14.7 Å². The molecule has 0 aromatic heterocycles. The standard InChI is InChI=1S/C26H40O4/c1-5-17-21-14-16(27)10-12-26(21,4)20-11-13-25(3)18(15(2)6-9-22(28)29)7-8-19(25)23(20)24(17)30/h5,15-16,18-21,23,27H,6-14H2,1-4H3,(H,28,29)/b17-5-. The monoisotopic (exact) mass is 416 g/mol. The van der Waals surface area contributed by atoms with Gasteiger partial charge in [0.2, 0.25) is 0 Å². The van der Waals surface area contributed by atoms with E-state index in [0.717, 1.165) is 56.9 Å². The largest absolute Gasteiger partial charge is 0.481 e. The topological polar surface area (TPSA) is 74.6 Å². The first-order valence-corrected chi connectivity index (χ1v) is 12.2. The number of carbonyl (C=O) groups excluding carboxylic acids is 1. The highest BCUT2D eigenvalue weighted by Gasteiger charge is 2.64. The van der Waals surface area contributed by atoms with E-state index in [-0.39, 0.29) is 35.2 Å². The SMILES string of the molecule is C/C=C1\C(=O)C2C(CCC3(C)C(C(C)CCC(=O)O)CCC23)C2(C)CCC(O)CC12. The van der Waals surface area contributed by atoms with E-state index in [0.29, 0.717) is 29.5 Å². The number of carbonyl (C=O) groups is 2. The van der Waals surface area contributed by atoms with Crippen molar-refractivity contribution in [1.82, 2.24) is 0 Å². The van der Waals surface area contributed by atoms with Gasteiger partial charge in [0.25, 0.3) is 0 Å². The van der Waals surface area contributed by atoms with Crippen molar-refractivity contribution in [3.63, 3.8) is 0 Å². The molecule has 4 heteroatoms. The zero-order valence-corrected chi connectivity index (χ0v) is 19.2. The number of aliphatic carboxylic acids is 1. The van der Waals surface area contributed by atoms with Crippen molar-refractivity contribution in [2.75, 3.05) is 0 Å². The minimum Gasteiger partial charge on any atom is -0.481 e. The van der Waals surface area contributed by atoms with Crippen molar-refractivity contribution >= 4 is 11.8 Å². The van der Waals surface area contributed by atoms with E-state index in [4.69, 9.17) is 5.11 Å². The van der Waals surface area contributed by atoms with Gasteiger partial charge in [0.05, 0.1) is 6.10 Å². The predicted octanol–water partition coefficient (Wildman–Crippen LogP) is 5.24. The van der Waals surface area contributed by atoms with Crippen LogP contribution in [0.2, 0.25) is 0 Å². The molecule has 0 radical (unpaired) electrons. The molecule has 30 heavy (non-hydrogen) atoms. The Bertz CT molecular complexity index is 741. The Morgan fingerprint density at radius 3 is 2.47 bits per heavy atom. The van der Waals surface area contributed by atoms with E-state index < -0.39 is 5.97 Å². The van der Waals surface area contributed by atoms with Gasteiger partial charge < -0.3 is 10.2 Å². The van der Waals surface area contributed by atoms with Crippen LogP contribution in [0.5, 0.6) is 0 Å². The summed E-state index contributed by atoms with van der Waals surface area (Å²) in [6.07, 6.45) is 9.86. The average Bonchev–Trinajstić information content (AvgIpc) is 3.05. The Morgan fingerprint density at radius 1 is 1.13 bits per heavy atom. The van der Waals surface area contributed by atoms with Crippen molar-refractivity contribution in [3.8, 4) is 0 Å². The molecule has 4 nitrogen and oxygen atoms in total. The molecule has 0 aromatic carbocycles. The maximum Gasteiger partial charge on any atom is 0.303 e. The van der Waals surface area contributed by atoms with Gasteiger partial charge in [-0.1, -0.05) is 26.8 Å². The molecule has 168 valence electrons. The van der Waals surface area contributed by atoms with Gasteiger partial charge in [-0.25, -0.2) is 0 Å². The highest BCUT2D eigenvalue weighted by Crippen LogP contribution is 2.68. The van der Waals surface area contributed by atoms with Crippen LogP contribution in [-0.4, -0.2) is 28.1 Å². The number of allylic oxidation sites excluding steroid dienone is 2. The second-order valence-electron chi connectivity index (χ2n) is 11.5. The fraction of sp³-hybridized carbons (Fsp3) is 0.846. The summed E-state index contributed by atoms with van der Waals surface area (Å²) in [7, 11) is 0. The number of aliphatic hydroxyl groups is 1. The molecular weight excluding hydrogens is 376 g/mol. The summed E-state index contributed by atoms with van der Waals surface area (Å²) in [5, 5.41) is 19.5. The van der Waals surface area contributed by atoms with Gasteiger partial charge >= 0.3 is 5.97 Å². The Morgan fingerprint density at radius 2 is 1.80 bits per heavy atom. The molecule has 2 N–H and O–H groups in total. The van der Waals surface area contributed by atoms with Crippen molar-refractivity contribution in [3.05, 3.63) is 11.6 Å².